The number of primary amides is 1. The molecule has 1 rings (SSSR count). The minimum atomic E-state index is -0.948. The van der Waals surface area contributed by atoms with Gasteiger partial charge in [-0.3, -0.25) is 24.1 Å². The lowest BCUT2D eigenvalue weighted by atomic mass is 9.91. The van der Waals surface area contributed by atoms with Crippen molar-refractivity contribution in [1.29, 1.82) is 0 Å². The van der Waals surface area contributed by atoms with E-state index < -0.39 is 29.7 Å². The van der Waals surface area contributed by atoms with Crippen LogP contribution >= 0.6 is 0 Å². The second-order valence-corrected chi connectivity index (χ2v) is 8.16. The highest BCUT2D eigenvalue weighted by molar-refractivity contribution is 6.59. The van der Waals surface area contributed by atoms with Gasteiger partial charge in [-0.2, -0.15) is 0 Å². The minimum absolute atomic E-state index is 0.175. The monoisotopic (exact) mass is 461 g/mol. The van der Waals surface area contributed by atoms with Crippen molar-refractivity contribution in [3.63, 3.8) is 0 Å². The number of rotatable bonds is 15. The fourth-order valence-corrected chi connectivity index (χ4v) is 3.23. The van der Waals surface area contributed by atoms with E-state index >= 15 is 0 Å². The van der Waals surface area contributed by atoms with Gasteiger partial charge in [-0.1, -0.05) is 20.3 Å². The Morgan fingerprint density at radius 1 is 1.00 bits per heavy atom. The first-order valence-electron chi connectivity index (χ1n) is 11.0. The number of unbranched alkanes of at least 4 members (excludes halogenated alkanes) is 2. The van der Waals surface area contributed by atoms with Crippen LogP contribution in [0.1, 0.15) is 52.4 Å². The van der Waals surface area contributed by atoms with Crippen molar-refractivity contribution in [3.8, 4) is 0 Å². The number of hydrogen-bond acceptors (Lipinski definition) is 6. The number of carbonyl (C=O) groups excluding carboxylic acids is 6. The average molecular weight is 461 g/mol. The van der Waals surface area contributed by atoms with Gasteiger partial charge in [-0.05, 0) is 31.6 Å². The van der Waals surface area contributed by atoms with E-state index in [0.717, 1.165) is 4.90 Å². The molecule has 0 aromatic carbocycles. The van der Waals surface area contributed by atoms with Crippen LogP contribution in [0.25, 0.3) is 0 Å². The molecule has 0 bridgehead atoms. The van der Waals surface area contributed by atoms with Gasteiger partial charge in [0.15, 0.2) is 7.85 Å². The van der Waals surface area contributed by atoms with E-state index in [9.17, 15) is 28.8 Å². The van der Waals surface area contributed by atoms with Crippen molar-refractivity contribution in [3.05, 3.63) is 12.2 Å². The van der Waals surface area contributed by atoms with Crippen LogP contribution in [0.5, 0.6) is 0 Å². The number of nitrogens with two attached hydrogens (primary N) is 1. The van der Waals surface area contributed by atoms with Crippen LogP contribution in [0.4, 0.5) is 4.79 Å². The molecule has 1 aliphatic heterocycles. The summed E-state index contributed by atoms with van der Waals surface area (Å²) in [7, 11) is 5.36. The molecule has 180 valence electrons. The van der Waals surface area contributed by atoms with Crippen molar-refractivity contribution in [2.75, 3.05) is 13.1 Å². The molecule has 6 amide bonds. The summed E-state index contributed by atoms with van der Waals surface area (Å²) < 4.78 is 0. The van der Waals surface area contributed by atoms with Crippen LogP contribution in [0.15, 0.2) is 12.2 Å². The number of nitrogens with zero attached hydrogens (tertiary/aromatic N) is 1. The van der Waals surface area contributed by atoms with E-state index in [-0.39, 0.29) is 43.0 Å². The first-order chi connectivity index (χ1) is 15.5. The summed E-state index contributed by atoms with van der Waals surface area (Å²) in [5.74, 6) is -1.74. The third-order valence-electron chi connectivity index (χ3n) is 5.08. The summed E-state index contributed by atoms with van der Waals surface area (Å²) in [5.41, 5.74) is 4.26. The van der Waals surface area contributed by atoms with Crippen LogP contribution in [-0.2, 0) is 24.0 Å². The van der Waals surface area contributed by atoms with Gasteiger partial charge in [0, 0.05) is 31.7 Å². The lowest BCUT2D eigenvalue weighted by Crippen LogP contribution is -2.53. The molecule has 2 radical (unpaired) electrons. The van der Waals surface area contributed by atoms with Gasteiger partial charge in [0.05, 0.1) is 11.7 Å². The molecular formula is C21H32BN5O6. The van der Waals surface area contributed by atoms with Gasteiger partial charge in [0.1, 0.15) is 6.04 Å². The number of imide groups is 1. The third kappa shape index (κ3) is 10.3. The standard InChI is InChI=1S/C21H32BN5O6/c1-13(2)18(20(32)25-14(19(22)31)7-6-11-24-21(23)33)26-15(28)8-4-3-5-12-27-16(29)9-10-17(27)30/h9-10,13-14,18H,3-8,11-12H2,1-2H3,(H,25,32)(H,26,28)(H3,23,24,33)/t14-,18-/m0/s1. The van der Waals surface area contributed by atoms with E-state index in [0.29, 0.717) is 32.2 Å². The van der Waals surface area contributed by atoms with E-state index in [2.05, 4.69) is 16.0 Å². The molecule has 0 aromatic heterocycles. The van der Waals surface area contributed by atoms with Crippen LogP contribution in [0.3, 0.4) is 0 Å². The molecule has 5 N–H and O–H groups in total. The van der Waals surface area contributed by atoms with Crippen molar-refractivity contribution in [2.45, 2.75) is 64.5 Å². The van der Waals surface area contributed by atoms with Crippen LogP contribution < -0.4 is 21.7 Å². The number of hydrogen-bond donors (Lipinski definition) is 4. The first-order valence-corrected chi connectivity index (χ1v) is 11.0. The van der Waals surface area contributed by atoms with Crippen molar-refractivity contribution in [2.24, 2.45) is 11.7 Å². The van der Waals surface area contributed by atoms with Crippen molar-refractivity contribution < 1.29 is 28.8 Å². The van der Waals surface area contributed by atoms with Gasteiger partial charge >= 0.3 is 6.03 Å². The smallest absolute Gasteiger partial charge is 0.312 e. The van der Waals surface area contributed by atoms with Crippen molar-refractivity contribution >= 4 is 43.2 Å². The van der Waals surface area contributed by atoms with Crippen LogP contribution in [0, 0.1) is 5.92 Å². The Bertz CT molecular complexity index is 767. The fourth-order valence-electron chi connectivity index (χ4n) is 3.23. The summed E-state index contributed by atoms with van der Waals surface area (Å²) in [6.45, 7) is 4.06. The first kappa shape index (κ1) is 27.9. The van der Waals surface area contributed by atoms with Crippen molar-refractivity contribution in [1.82, 2.24) is 20.9 Å². The second kappa shape index (κ2) is 14.1. The summed E-state index contributed by atoms with van der Waals surface area (Å²) in [6, 6.07) is -2.49. The topological polar surface area (TPSA) is 168 Å². The Balaban J connectivity index is 2.43. The Morgan fingerprint density at radius 2 is 1.64 bits per heavy atom. The van der Waals surface area contributed by atoms with E-state index in [4.69, 9.17) is 13.6 Å². The fraction of sp³-hybridized carbons (Fsp3) is 0.619. The molecule has 0 saturated carbocycles. The van der Waals surface area contributed by atoms with Gasteiger partial charge in [0.25, 0.3) is 11.8 Å². The average Bonchev–Trinajstić information content (AvgIpc) is 3.05. The molecule has 0 fully saturated rings. The maximum Gasteiger partial charge on any atom is 0.312 e. The molecule has 12 heteroatoms. The van der Waals surface area contributed by atoms with E-state index in [1.807, 2.05) is 0 Å². The maximum absolute atomic E-state index is 12.7. The normalized spacial score (nSPS) is 14.8. The molecular weight excluding hydrogens is 429 g/mol. The quantitative estimate of drug-likeness (QED) is 0.142. The Morgan fingerprint density at radius 3 is 2.18 bits per heavy atom. The minimum Gasteiger partial charge on any atom is -0.352 e. The number of amides is 6. The zero-order valence-corrected chi connectivity index (χ0v) is 19.1. The lowest BCUT2D eigenvalue weighted by Gasteiger charge is -2.25. The van der Waals surface area contributed by atoms with Gasteiger partial charge < -0.3 is 26.5 Å². The molecule has 1 aliphatic rings. The summed E-state index contributed by atoms with van der Waals surface area (Å²) in [6.07, 6.45) is 4.95. The SMILES string of the molecule is [B]C(=O)[C@H](CCCNC(N)=O)NC(=O)[C@@H](NC(=O)CCCCCN1C(=O)C=CC1=O)C(C)C. The lowest BCUT2D eigenvalue weighted by molar-refractivity contribution is -0.137. The predicted octanol–water partition coefficient (Wildman–Crippen LogP) is -0.759. The number of nitrogens with one attached hydrogen (secondary N) is 3. The largest absolute Gasteiger partial charge is 0.352 e. The molecule has 0 aromatic rings. The predicted molar refractivity (Wildman–Crippen MR) is 121 cm³/mol. The molecule has 2 atom stereocenters. The summed E-state index contributed by atoms with van der Waals surface area (Å²) >= 11 is 0. The third-order valence-corrected chi connectivity index (χ3v) is 5.08. The highest BCUT2D eigenvalue weighted by Crippen LogP contribution is 2.09. The Kier molecular flexibility index (Phi) is 11.9. The highest BCUT2D eigenvalue weighted by Gasteiger charge is 2.27. The zero-order chi connectivity index (χ0) is 25.0. The molecule has 0 spiro atoms. The maximum atomic E-state index is 12.7. The number of carbonyl (C=O) groups is 6. The molecule has 33 heavy (non-hydrogen) atoms. The van der Waals surface area contributed by atoms with Gasteiger partial charge in [-0.15, -0.1) is 0 Å². The van der Waals surface area contributed by atoms with Crippen LogP contribution in [0.2, 0.25) is 0 Å². The Hall–Kier alpha value is -3.18. The second-order valence-electron chi connectivity index (χ2n) is 8.16. The molecule has 0 unspecified atom stereocenters. The van der Waals surface area contributed by atoms with E-state index in [1.165, 1.54) is 12.2 Å². The van der Waals surface area contributed by atoms with Gasteiger partial charge in [-0.25, -0.2) is 4.79 Å². The summed E-state index contributed by atoms with van der Waals surface area (Å²) in [4.78, 5) is 71.5. The highest BCUT2D eigenvalue weighted by atomic mass is 16.2. The number of urea groups is 1. The molecule has 0 aliphatic carbocycles. The Labute approximate surface area is 194 Å². The molecule has 1 heterocycles. The van der Waals surface area contributed by atoms with Crippen LogP contribution in [-0.4, -0.2) is 73.3 Å². The summed E-state index contributed by atoms with van der Waals surface area (Å²) in [5, 5.41) is 7.63. The molecule has 11 nitrogen and oxygen atoms in total. The van der Waals surface area contributed by atoms with E-state index in [1.54, 1.807) is 13.8 Å². The zero-order valence-electron chi connectivity index (χ0n) is 19.1. The van der Waals surface area contributed by atoms with Gasteiger partial charge in [0.2, 0.25) is 11.8 Å². The molecule has 0 saturated heterocycles.